The standard InChI is InChI=1S/C23H30ClN3O3/c24-21-4-2-1-3-20(21)22-8-7-19(30-22)13-26-23(28)16-5-6-17(25)15-27(14-16)18-9-11-29-12-10-18/h1-4,7-8,16-18H,5-6,9-15,25H2,(H,26,28)/t16-,17+/m1/s1. The molecule has 0 spiro atoms. The van der Waals surface area contributed by atoms with Crippen LogP contribution >= 0.6 is 11.6 Å². The summed E-state index contributed by atoms with van der Waals surface area (Å²) in [5, 5.41) is 3.70. The summed E-state index contributed by atoms with van der Waals surface area (Å²) in [6.45, 7) is 3.56. The van der Waals surface area contributed by atoms with Crippen LogP contribution in [-0.2, 0) is 16.1 Å². The van der Waals surface area contributed by atoms with E-state index in [-0.39, 0.29) is 17.9 Å². The van der Waals surface area contributed by atoms with Crippen LogP contribution in [0.25, 0.3) is 11.3 Å². The minimum absolute atomic E-state index is 0.0561. The molecule has 2 fully saturated rings. The third-order valence-electron chi connectivity index (χ3n) is 6.13. The molecule has 2 aliphatic rings. The number of carbonyl (C=O) groups excluding carboxylic acids is 1. The highest BCUT2D eigenvalue weighted by molar-refractivity contribution is 6.33. The summed E-state index contributed by atoms with van der Waals surface area (Å²) in [4.78, 5) is 15.3. The van der Waals surface area contributed by atoms with E-state index in [0.717, 1.165) is 57.6 Å². The summed E-state index contributed by atoms with van der Waals surface area (Å²) in [6.07, 6.45) is 3.71. The maximum absolute atomic E-state index is 12.9. The van der Waals surface area contributed by atoms with E-state index in [2.05, 4.69) is 10.2 Å². The number of nitrogens with one attached hydrogen (secondary N) is 1. The van der Waals surface area contributed by atoms with Crippen LogP contribution in [0.4, 0.5) is 0 Å². The highest BCUT2D eigenvalue weighted by Crippen LogP contribution is 2.29. The largest absolute Gasteiger partial charge is 0.459 e. The maximum atomic E-state index is 12.9. The van der Waals surface area contributed by atoms with Gasteiger partial charge in [-0.3, -0.25) is 9.69 Å². The molecule has 3 heterocycles. The molecular weight excluding hydrogens is 402 g/mol. The summed E-state index contributed by atoms with van der Waals surface area (Å²) in [5.74, 6) is 1.43. The van der Waals surface area contributed by atoms with Gasteiger partial charge < -0.3 is 20.2 Å². The normalized spacial score (nSPS) is 23.8. The first kappa shape index (κ1) is 21.4. The number of hydrogen-bond acceptors (Lipinski definition) is 5. The Labute approximate surface area is 182 Å². The van der Waals surface area contributed by atoms with Crippen LogP contribution in [0.1, 0.15) is 31.4 Å². The van der Waals surface area contributed by atoms with Crippen molar-refractivity contribution in [3.05, 3.63) is 47.2 Å². The van der Waals surface area contributed by atoms with Gasteiger partial charge in [-0.2, -0.15) is 0 Å². The molecule has 0 unspecified atom stereocenters. The van der Waals surface area contributed by atoms with Crippen molar-refractivity contribution in [1.82, 2.24) is 10.2 Å². The van der Waals surface area contributed by atoms with Gasteiger partial charge in [0.15, 0.2) is 0 Å². The first-order valence-electron chi connectivity index (χ1n) is 10.8. The molecule has 0 saturated carbocycles. The van der Waals surface area contributed by atoms with E-state index in [1.165, 1.54) is 0 Å². The second-order valence-corrected chi connectivity index (χ2v) is 8.70. The van der Waals surface area contributed by atoms with E-state index in [1.54, 1.807) is 0 Å². The molecule has 1 amide bonds. The molecule has 0 aliphatic carbocycles. The fraction of sp³-hybridized carbons (Fsp3) is 0.522. The van der Waals surface area contributed by atoms with Gasteiger partial charge in [0.05, 0.1) is 17.5 Å². The summed E-state index contributed by atoms with van der Waals surface area (Å²) in [6, 6.07) is 11.9. The van der Waals surface area contributed by atoms with Crippen LogP contribution in [0.15, 0.2) is 40.8 Å². The molecular formula is C23H30ClN3O3. The number of halogens is 1. The number of benzene rings is 1. The molecule has 0 radical (unpaired) electrons. The number of likely N-dealkylation sites (tertiary alicyclic amines) is 1. The molecule has 30 heavy (non-hydrogen) atoms. The average Bonchev–Trinajstić information content (AvgIpc) is 3.14. The van der Waals surface area contributed by atoms with Gasteiger partial charge in [0.2, 0.25) is 5.91 Å². The van der Waals surface area contributed by atoms with Crippen molar-refractivity contribution in [3.63, 3.8) is 0 Å². The van der Waals surface area contributed by atoms with E-state index in [9.17, 15) is 4.79 Å². The average molecular weight is 432 g/mol. The van der Waals surface area contributed by atoms with Crippen molar-refractivity contribution in [3.8, 4) is 11.3 Å². The van der Waals surface area contributed by atoms with Gasteiger partial charge in [-0.25, -0.2) is 0 Å². The van der Waals surface area contributed by atoms with Crippen LogP contribution < -0.4 is 11.1 Å². The Bertz CT molecular complexity index is 850. The molecule has 1 aromatic heterocycles. The fourth-order valence-electron chi connectivity index (χ4n) is 4.42. The Hall–Kier alpha value is -1.86. The molecule has 2 saturated heterocycles. The van der Waals surface area contributed by atoms with Crippen molar-refractivity contribution in [1.29, 1.82) is 0 Å². The predicted molar refractivity (Wildman–Crippen MR) is 117 cm³/mol. The maximum Gasteiger partial charge on any atom is 0.224 e. The molecule has 0 bridgehead atoms. The number of rotatable bonds is 5. The summed E-state index contributed by atoms with van der Waals surface area (Å²) in [5.41, 5.74) is 7.15. The lowest BCUT2D eigenvalue weighted by molar-refractivity contribution is -0.126. The zero-order chi connectivity index (χ0) is 20.9. The van der Waals surface area contributed by atoms with Crippen molar-refractivity contribution in [2.45, 2.75) is 44.3 Å². The van der Waals surface area contributed by atoms with E-state index < -0.39 is 0 Å². The highest BCUT2D eigenvalue weighted by Gasteiger charge is 2.31. The van der Waals surface area contributed by atoms with E-state index in [0.29, 0.717) is 29.1 Å². The third-order valence-corrected chi connectivity index (χ3v) is 6.46. The van der Waals surface area contributed by atoms with Gasteiger partial charge in [0, 0.05) is 44.0 Å². The van der Waals surface area contributed by atoms with E-state index in [1.807, 2.05) is 36.4 Å². The first-order valence-corrected chi connectivity index (χ1v) is 11.2. The van der Waals surface area contributed by atoms with Crippen molar-refractivity contribution in [2.24, 2.45) is 11.7 Å². The molecule has 6 nitrogen and oxygen atoms in total. The lowest BCUT2D eigenvalue weighted by Crippen LogP contribution is -2.47. The van der Waals surface area contributed by atoms with Crippen LogP contribution in [0, 0.1) is 5.92 Å². The van der Waals surface area contributed by atoms with Gasteiger partial charge in [0.1, 0.15) is 11.5 Å². The number of carbonyl (C=O) groups is 1. The Kier molecular flexibility index (Phi) is 7.10. The molecule has 7 heteroatoms. The fourth-order valence-corrected chi connectivity index (χ4v) is 4.65. The highest BCUT2D eigenvalue weighted by atomic mass is 35.5. The number of furan rings is 1. The number of ether oxygens (including phenoxy) is 1. The first-order chi connectivity index (χ1) is 14.6. The Morgan fingerprint density at radius 3 is 2.70 bits per heavy atom. The van der Waals surface area contributed by atoms with Gasteiger partial charge in [-0.15, -0.1) is 0 Å². The van der Waals surface area contributed by atoms with E-state index in [4.69, 9.17) is 26.5 Å². The second kappa shape index (κ2) is 9.96. The monoisotopic (exact) mass is 431 g/mol. The minimum Gasteiger partial charge on any atom is -0.459 e. The Morgan fingerprint density at radius 2 is 1.90 bits per heavy atom. The number of amides is 1. The van der Waals surface area contributed by atoms with Crippen LogP contribution in [0.3, 0.4) is 0 Å². The quantitative estimate of drug-likeness (QED) is 0.758. The predicted octanol–water partition coefficient (Wildman–Crippen LogP) is 3.43. The smallest absolute Gasteiger partial charge is 0.224 e. The summed E-state index contributed by atoms with van der Waals surface area (Å²) >= 11 is 6.25. The molecule has 1 aromatic carbocycles. The lowest BCUT2D eigenvalue weighted by atomic mass is 10.0. The lowest BCUT2D eigenvalue weighted by Gasteiger charge is -2.35. The van der Waals surface area contributed by atoms with Crippen LogP contribution in [0.2, 0.25) is 5.02 Å². The molecule has 4 rings (SSSR count). The SMILES string of the molecule is N[C@H]1CC[C@@H](C(=O)NCc2ccc(-c3ccccc3Cl)o2)CN(C2CCOCC2)C1. The third kappa shape index (κ3) is 5.24. The second-order valence-electron chi connectivity index (χ2n) is 8.30. The number of nitrogens with two attached hydrogens (primary N) is 1. The molecule has 162 valence electrons. The van der Waals surface area contributed by atoms with Crippen LogP contribution in [-0.4, -0.2) is 49.2 Å². The summed E-state index contributed by atoms with van der Waals surface area (Å²) in [7, 11) is 0. The zero-order valence-corrected chi connectivity index (χ0v) is 17.9. The topological polar surface area (TPSA) is 80.7 Å². The van der Waals surface area contributed by atoms with Crippen LogP contribution in [0.5, 0.6) is 0 Å². The van der Waals surface area contributed by atoms with Gasteiger partial charge in [-0.05, 0) is 49.9 Å². The van der Waals surface area contributed by atoms with Gasteiger partial charge in [-0.1, -0.05) is 23.7 Å². The van der Waals surface area contributed by atoms with Crippen molar-refractivity contribution >= 4 is 17.5 Å². The molecule has 2 atom stereocenters. The van der Waals surface area contributed by atoms with Gasteiger partial charge in [0.25, 0.3) is 0 Å². The molecule has 3 N–H and O–H groups in total. The number of hydrogen-bond donors (Lipinski definition) is 2. The number of nitrogens with zero attached hydrogens (tertiary/aromatic N) is 1. The van der Waals surface area contributed by atoms with Gasteiger partial charge >= 0.3 is 0 Å². The van der Waals surface area contributed by atoms with Crippen molar-refractivity contribution < 1.29 is 13.9 Å². The van der Waals surface area contributed by atoms with E-state index >= 15 is 0 Å². The Morgan fingerprint density at radius 1 is 1.10 bits per heavy atom. The summed E-state index contributed by atoms with van der Waals surface area (Å²) < 4.78 is 11.4. The molecule has 2 aliphatic heterocycles. The molecule has 2 aromatic rings. The Balaban J connectivity index is 1.35. The minimum atomic E-state index is -0.0561. The zero-order valence-electron chi connectivity index (χ0n) is 17.2. The van der Waals surface area contributed by atoms with Crippen molar-refractivity contribution in [2.75, 3.05) is 26.3 Å².